The maximum Gasteiger partial charge on any atom is 0.335 e. The average molecular weight is 564 g/mol. The van der Waals surface area contributed by atoms with Crippen LogP contribution in [0.3, 0.4) is 0 Å². The number of rotatable bonds is 8. The molecule has 12 heteroatoms. The Morgan fingerprint density at radius 2 is 1.76 bits per heavy atom. The van der Waals surface area contributed by atoms with Crippen LogP contribution in [0.25, 0.3) is 11.0 Å². The van der Waals surface area contributed by atoms with Gasteiger partial charge in [-0.05, 0) is 48.5 Å². The molecule has 0 spiro atoms. The number of carbonyl (C=O) groups excluding carboxylic acids is 2. The van der Waals surface area contributed by atoms with Crippen LogP contribution in [0.1, 0.15) is 42.9 Å². The summed E-state index contributed by atoms with van der Waals surface area (Å²) in [7, 11) is 5.04. The van der Waals surface area contributed by atoms with E-state index >= 15 is 0 Å². The molecule has 4 aromatic rings. The van der Waals surface area contributed by atoms with Crippen molar-refractivity contribution in [3.63, 3.8) is 0 Å². The molecule has 3 heterocycles. The number of hydrogen-bond acceptors (Lipinski definition) is 7. The first-order valence-corrected chi connectivity index (χ1v) is 13.0. The lowest BCUT2D eigenvalue weighted by atomic mass is 10.2. The Morgan fingerprint density at radius 1 is 1.02 bits per heavy atom. The third-order valence-corrected chi connectivity index (χ3v) is 7.07. The normalized spacial score (nSPS) is 13.9. The van der Waals surface area contributed by atoms with E-state index in [1.54, 1.807) is 49.3 Å². The summed E-state index contributed by atoms with van der Waals surface area (Å²) < 4.78 is 27.5. The van der Waals surface area contributed by atoms with Gasteiger partial charge < -0.3 is 28.6 Å². The molecule has 1 aliphatic rings. The maximum absolute atomic E-state index is 14.4. The lowest BCUT2D eigenvalue weighted by Crippen LogP contribution is -2.48. The highest BCUT2D eigenvalue weighted by atomic mass is 19.1. The molecule has 0 saturated carbocycles. The molecule has 0 aliphatic carbocycles. The van der Waals surface area contributed by atoms with Gasteiger partial charge in [0.1, 0.15) is 18.2 Å². The number of halogens is 1. The van der Waals surface area contributed by atoms with Crippen molar-refractivity contribution in [3.05, 3.63) is 82.8 Å². The summed E-state index contributed by atoms with van der Waals surface area (Å²) in [5.41, 5.74) is 1.92. The number of aryl methyl sites for hydroxylation is 1. The van der Waals surface area contributed by atoms with E-state index in [4.69, 9.17) is 9.15 Å². The average Bonchev–Trinajstić information content (AvgIpc) is 3.56. The van der Waals surface area contributed by atoms with Crippen molar-refractivity contribution in [1.82, 2.24) is 24.3 Å². The summed E-state index contributed by atoms with van der Waals surface area (Å²) in [6, 6.07) is 12.1. The number of fused-ring (bicyclic) bond motifs is 1. The molecule has 11 nitrogen and oxygen atoms in total. The first-order chi connectivity index (χ1) is 19.6. The molecule has 214 valence electrons. The number of carboxylic acid groups (broad SMARTS) is 1. The van der Waals surface area contributed by atoms with Crippen LogP contribution in [-0.2, 0) is 20.2 Å². The minimum atomic E-state index is -0.982. The molecule has 1 N–H and O–H groups in total. The van der Waals surface area contributed by atoms with Gasteiger partial charge in [0.25, 0.3) is 11.8 Å². The van der Waals surface area contributed by atoms with Crippen LogP contribution in [0.4, 0.5) is 4.39 Å². The van der Waals surface area contributed by atoms with Gasteiger partial charge in [-0.2, -0.15) is 0 Å². The second kappa shape index (κ2) is 11.4. The minimum Gasteiger partial charge on any atom is -0.483 e. The van der Waals surface area contributed by atoms with Crippen LogP contribution in [0.5, 0.6) is 5.75 Å². The molecule has 0 unspecified atom stereocenters. The molecule has 0 bridgehead atoms. The van der Waals surface area contributed by atoms with Gasteiger partial charge in [0, 0.05) is 52.9 Å². The van der Waals surface area contributed by atoms with Crippen LogP contribution in [-0.4, -0.2) is 87.4 Å². The summed E-state index contributed by atoms with van der Waals surface area (Å²) in [6.07, 6.45) is 0. The summed E-state index contributed by atoms with van der Waals surface area (Å²) in [6.45, 7) is 2.77. The van der Waals surface area contributed by atoms with Gasteiger partial charge in [0.15, 0.2) is 17.3 Å². The number of piperazine rings is 1. The number of imidazole rings is 1. The van der Waals surface area contributed by atoms with E-state index in [0.29, 0.717) is 38.5 Å². The molecule has 2 aromatic heterocycles. The number of ether oxygens (including phenoxy) is 1. The van der Waals surface area contributed by atoms with Crippen molar-refractivity contribution in [3.8, 4) is 5.75 Å². The zero-order valence-corrected chi connectivity index (χ0v) is 23.0. The highest BCUT2D eigenvalue weighted by Crippen LogP contribution is 2.22. The van der Waals surface area contributed by atoms with Crippen molar-refractivity contribution in [1.29, 1.82) is 0 Å². The van der Waals surface area contributed by atoms with Gasteiger partial charge in [-0.25, -0.2) is 14.2 Å². The first kappa shape index (κ1) is 27.8. The lowest BCUT2D eigenvalue weighted by Gasteiger charge is -2.34. The van der Waals surface area contributed by atoms with Crippen LogP contribution >= 0.6 is 0 Å². The Bertz CT molecular complexity index is 1620. The second-order valence-corrected chi connectivity index (χ2v) is 10.1. The Balaban J connectivity index is 1.14. The van der Waals surface area contributed by atoms with Crippen molar-refractivity contribution in [2.75, 3.05) is 40.3 Å². The van der Waals surface area contributed by atoms with Gasteiger partial charge in [-0.15, -0.1) is 0 Å². The quantitative estimate of drug-likeness (QED) is 0.347. The van der Waals surface area contributed by atoms with E-state index in [0.717, 1.165) is 22.9 Å². The highest BCUT2D eigenvalue weighted by Gasteiger charge is 2.25. The van der Waals surface area contributed by atoms with E-state index in [1.807, 2.05) is 11.6 Å². The number of carbonyl (C=O) groups is 3. The number of amides is 2. The zero-order valence-electron chi connectivity index (χ0n) is 23.0. The smallest absolute Gasteiger partial charge is 0.335 e. The first-order valence-electron chi connectivity index (χ1n) is 13.0. The summed E-state index contributed by atoms with van der Waals surface area (Å²) in [5, 5.41) is 9.27. The van der Waals surface area contributed by atoms with Crippen molar-refractivity contribution in [2.45, 2.75) is 13.2 Å². The van der Waals surface area contributed by atoms with E-state index in [9.17, 15) is 23.9 Å². The van der Waals surface area contributed by atoms with Crippen LogP contribution in [0.2, 0.25) is 0 Å². The van der Waals surface area contributed by atoms with Crippen LogP contribution < -0.4 is 4.74 Å². The number of aromatic carboxylic acids is 1. The largest absolute Gasteiger partial charge is 0.483 e. The number of aromatic nitrogens is 2. The maximum atomic E-state index is 14.4. The minimum absolute atomic E-state index is 0.0244. The number of furan rings is 1. The van der Waals surface area contributed by atoms with Crippen molar-refractivity contribution < 1.29 is 33.0 Å². The Hall–Kier alpha value is -4.71. The van der Waals surface area contributed by atoms with Gasteiger partial charge in [0.05, 0.1) is 23.1 Å². The fourth-order valence-corrected chi connectivity index (χ4v) is 4.71. The molecule has 2 amide bonds. The highest BCUT2D eigenvalue weighted by molar-refractivity contribution is 5.94. The topological polar surface area (TPSA) is 121 Å². The summed E-state index contributed by atoms with van der Waals surface area (Å²) in [5.74, 6) is -0.866. The van der Waals surface area contributed by atoms with Crippen molar-refractivity contribution >= 4 is 28.8 Å². The number of nitrogens with zero attached hydrogens (tertiary/aromatic N) is 5. The van der Waals surface area contributed by atoms with E-state index in [2.05, 4.69) is 9.88 Å². The standard InChI is InChI=1S/C29H30FN5O6/c1-32(2)27(36)18-5-8-24(21(30)14-18)40-17-20-6-9-25(41-20)28(37)35-12-10-34(11-13-35)16-26-31-22-7-4-19(29(38)39)15-23(22)33(26)3/h4-9,14-15H,10-13,16-17H2,1-3H3,(H,38,39). The predicted molar refractivity (Wildman–Crippen MR) is 146 cm³/mol. The second-order valence-electron chi connectivity index (χ2n) is 10.1. The van der Waals surface area contributed by atoms with Gasteiger partial charge >= 0.3 is 5.97 Å². The molecule has 1 fully saturated rings. The molecule has 1 aliphatic heterocycles. The van der Waals surface area contributed by atoms with E-state index in [1.165, 1.54) is 17.0 Å². The number of carboxylic acids is 1. The van der Waals surface area contributed by atoms with Gasteiger partial charge in [0.2, 0.25) is 0 Å². The fourth-order valence-electron chi connectivity index (χ4n) is 4.71. The number of benzene rings is 2. The zero-order chi connectivity index (χ0) is 29.3. The molecule has 41 heavy (non-hydrogen) atoms. The van der Waals surface area contributed by atoms with Crippen LogP contribution in [0, 0.1) is 5.82 Å². The van der Waals surface area contributed by atoms with Crippen LogP contribution in [0.15, 0.2) is 52.9 Å². The van der Waals surface area contributed by atoms with E-state index < -0.39 is 11.8 Å². The number of hydrogen-bond donors (Lipinski definition) is 1. The lowest BCUT2D eigenvalue weighted by molar-refractivity contribution is 0.0589. The Kier molecular flexibility index (Phi) is 7.75. The Labute approximate surface area is 235 Å². The molecular weight excluding hydrogens is 533 g/mol. The van der Waals surface area contributed by atoms with Gasteiger partial charge in [-0.3, -0.25) is 14.5 Å². The van der Waals surface area contributed by atoms with E-state index in [-0.39, 0.29) is 41.1 Å². The molecule has 0 radical (unpaired) electrons. The molecule has 1 saturated heterocycles. The molecule has 0 atom stereocenters. The summed E-state index contributed by atoms with van der Waals surface area (Å²) >= 11 is 0. The monoisotopic (exact) mass is 563 g/mol. The third kappa shape index (κ3) is 5.92. The fraction of sp³-hybridized carbons (Fsp3) is 0.310. The summed E-state index contributed by atoms with van der Waals surface area (Å²) in [4.78, 5) is 46.3. The SMILES string of the molecule is CN(C)C(=O)c1ccc(OCc2ccc(C(=O)N3CCN(Cc4nc5ccc(C(=O)O)cc5n4C)CC3)o2)c(F)c1. The van der Waals surface area contributed by atoms with Crippen molar-refractivity contribution in [2.24, 2.45) is 7.05 Å². The third-order valence-electron chi connectivity index (χ3n) is 7.07. The molecule has 2 aromatic carbocycles. The Morgan fingerprint density at radius 3 is 2.44 bits per heavy atom. The molecular formula is C29H30FN5O6. The predicted octanol–water partition coefficient (Wildman–Crippen LogP) is 3.24. The molecule has 5 rings (SSSR count). The van der Waals surface area contributed by atoms with Gasteiger partial charge in [-0.1, -0.05) is 0 Å².